The molecule has 0 radical (unpaired) electrons. The zero-order valence-corrected chi connectivity index (χ0v) is 20.4. The van der Waals surface area contributed by atoms with Crippen molar-refractivity contribution in [3.05, 3.63) is 77.5 Å². The fourth-order valence-electron chi connectivity index (χ4n) is 3.33. The van der Waals surface area contributed by atoms with Crippen molar-refractivity contribution in [2.24, 2.45) is 5.41 Å². The zero-order valence-electron chi connectivity index (χ0n) is 19.5. The molecule has 0 spiro atoms. The van der Waals surface area contributed by atoms with Gasteiger partial charge in [-0.25, -0.2) is 4.98 Å². The first-order valence-corrected chi connectivity index (χ1v) is 11.6. The van der Waals surface area contributed by atoms with E-state index in [1.165, 1.54) is 5.56 Å². The summed E-state index contributed by atoms with van der Waals surface area (Å²) < 4.78 is 14.3. The summed E-state index contributed by atoms with van der Waals surface area (Å²) >= 11 is 1.15. The van der Waals surface area contributed by atoms with E-state index in [9.17, 15) is 4.79 Å². The summed E-state index contributed by atoms with van der Waals surface area (Å²) in [5, 5.41) is 2.98. The van der Waals surface area contributed by atoms with Gasteiger partial charge in [-0.1, -0.05) is 58.9 Å². The summed E-state index contributed by atoms with van der Waals surface area (Å²) in [5.74, 6) is 0.563. The van der Waals surface area contributed by atoms with Gasteiger partial charge in [0, 0.05) is 18.8 Å². The molecule has 4 aromatic rings. The van der Waals surface area contributed by atoms with E-state index in [0.717, 1.165) is 28.3 Å². The maximum Gasteiger partial charge on any atom is 0.257 e. The lowest BCUT2D eigenvalue weighted by atomic mass is 9.65. The average molecular weight is 461 g/mol. The van der Waals surface area contributed by atoms with Crippen LogP contribution in [0.15, 0.2) is 60.8 Å². The maximum atomic E-state index is 12.9. The van der Waals surface area contributed by atoms with Gasteiger partial charge in [-0.2, -0.15) is 8.75 Å². The summed E-state index contributed by atoms with van der Waals surface area (Å²) in [6, 6.07) is 17.3. The Labute approximate surface area is 198 Å². The smallest absolute Gasteiger partial charge is 0.257 e. The monoisotopic (exact) mass is 460 g/mol. The van der Waals surface area contributed by atoms with Crippen molar-refractivity contribution < 1.29 is 9.53 Å². The number of fused-ring (bicyclic) bond motifs is 1. The molecule has 0 aliphatic heterocycles. The third kappa shape index (κ3) is 4.88. The van der Waals surface area contributed by atoms with E-state index in [-0.39, 0.29) is 22.6 Å². The minimum Gasteiger partial charge on any atom is -0.438 e. The molecule has 0 unspecified atom stereocenters. The largest absolute Gasteiger partial charge is 0.438 e. The lowest BCUT2D eigenvalue weighted by Gasteiger charge is -2.39. The molecular formula is C26H28N4O2S. The number of aromatic nitrogens is 3. The number of ether oxygens (including phenoxy) is 1. The van der Waals surface area contributed by atoms with Crippen LogP contribution in [0.4, 0.5) is 0 Å². The number of hydrogen-bond acceptors (Lipinski definition) is 6. The Bertz CT molecular complexity index is 1270. The molecule has 0 aliphatic rings. The maximum absolute atomic E-state index is 12.9. The number of amides is 1. The van der Waals surface area contributed by atoms with Gasteiger partial charge < -0.3 is 10.1 Å². The first-order chi connectivity index (χ1) is 15.6. The first kappa shape index (κ1) is 22.9. The molecule has 0 aliphatic carbocycles. The highest BCUT2D eigenvalue weighted by Crippen LogP contribution is 2.40. The second-order valence-electron chi connectivity index (χ2n) is 9.63. The van der Waals surface area contributed by atoms with E-state index >= 15 is 0 Å². The Hall–Kier alpha value is -3.32. The van der Waals surface area contributed by atoms with Crippen LogP contribution in [0.25, 0.3) is 11.0 Å². The van der Waals surface area contributed by atoms with E-state index in [4.69, 9.17) is 4.74 Å². The van der Waals surface area contributed by atoms with E-state index in [1.54, 1.807) is 30.5 Å². The van der Waals surface area contributed by atoms with E-state index < -0.39 is 0 Å². The molecule has 0 saturated heterocycles. The van der Waals surface area contributed by atoms with Crippen LogP contribution in [-0.2, 0) is 12.0 Å². The van der Waals surface area contributed by atoms with Crippen LogP contribution in [0.1, 0.15) is 56.1 Å². The van der Waals surface area contributed by atoms with Crippen molar-refractivity contribution in [2.45, 2.75) is 46.6 Å². The predicted molar refractivity (Wildman–Crippen MR) is 132 cm³/mol. The fourth-order valence-corrected chi connectivity index (χ4v) is 3.85. The Morgan fingerprint density at radius 3 is 2.42 bits per heavy atom. The summed E-state index contributed by atoms with van der Waals surface area (Å²) in [4.78, 5) is 17.2. The van der Waals surface area contributed by atoms with Crippen molar-refractivity contribution >= 4 is 28.7 Å². The van der Waals surface area contributed by atoms with Crippen molar-refractivity contribution in [3.63, 3.8) is 0 Å². The summed E-state index contributed by atoms with van der Waals surface area (Å²) in [6.45, 7) is 11.7. The molecular weight excluding hydrogens is 432 g/mol. The van der Waals surface area contributed by atoms with Gasteiger partial charge in [-0.15, -0.1) is 0 Å². The van der Waals surface area contributed by atoms with Crippen molar-refractivity contribution in [3.8, 4) is 11.6 Å². The molecule has 0 saturated carbocycles. The molecule has 33 heavy (non-hydrogen) atoms. The van der Waals surface area contributed by atoms with Crippen LogP contribution in [0.3, 0.4) is 0 Å². The van der Waals surface area contributed by atoms with Crippen LogP contribution in [0, 0.1) is 5.41 Å². The third-order valence-electron chi connectivity index (χ3n) is 6.46. The number of pyridine rings is 1. The topological polar surface area (TPSA) is 77.0 Å². The lowest BCUT2D eigenvalue weighted by molar-refractivity contribution is 0.0948. The molecule has 0 bridgehead atoms. The quantitative estimate of drug-likeness (QED) is 0.374. The van der Waals surface area contributed by atoms with Gasteiger partial charge in [0.15, 0.2) is 0 Å². The molecule has 1 amide bonds. The number of nitrogens with one attached hydrogen (secondary N) is 1. The highest BCUT2D eigenvalue weighted by Gasteiger charge is 2.34. The van der Waals surface area contributed by atoms with Crippen LogP contribution in [0.2, 0.25) is 0 Å². The number of nitrogens with zero attached hydrogens (tertiary/aromatic N) is 3. The fraction of sp³-hybridized carbons (Fsp3) is 0.308. The molecule has 6 nitrogen and oxygen atoms in total. The zero-order chi connectivity index (χ0) is 23.6. The number of hydrogen-bond donors (Lipinski definition) is 1. The van der Waals surface area contributed by atoms with Gasteiger partial charge >= 0.3 is 0 Å². The number of rotatable bonds is 6. The van der Waals surface area contributed by atoms with E-state index in [2.05, 4.69) is 77.9 Å². The molecule has 2 heterocycles. The lowest BCUT2D eigenvalue weighted by Crippen LogP contribution is -2.33. The Morgan fingerprint density at radius 1 is 0.970 bits per heavy atom. The molecule has 0 atom stereocenters. The number of carbonyl (C=O) groups excluding carboxylic acids is 1. The van der Waals surface area contributed by atoms with Crippen molar-refractivity contribution in [2.75, 3.05) is 0 Å². The average Bonchev–Trinajstić information content (AvgIpc) is 3.25. The Kier molecular flexibility index (Phi) is 6.17. The molecule has 2 aromatic carbocycles. The normalized spacial score (nSPS) is 12.0. The second kappa shape index (κ2) is 8.90. The Morgan fingerprint density at radius 2 is 1.70 bits per heavy atom. The standard InChI is InChI=1S/C26H28N4O2S/c1-25(2,3)26(4,5)18-10-8-17(9-11-18)16-28-23(31)20-7-6-14-27-24(20)32-19-12-13-21-22(15-19)30-33-29-21/h6-15H,16H2,1-5H3,(H,28,31). The summed E-state index contributed by atoms with van der Waals surface area (Å²) in [7, 11) is 0. The van der Waals surface area contributed by atoms with Gasteiger partial charge in [0.25, 0.3) is 5.91 Å². The SMILES string of the molecule is CC(C)(C)C(C)(C)c1ccc(CNC(=O)c2cccnc2Oc2ccc3nsnc3c2)cc1. The number of benzene rings is 2. The molecule has 4 rings (SSSR count). The van der Waals surface area contributed by atoms with Gasteiger partial charge in [-0.05, 0) is 46.2 Å². The second-order valence-corrected chi connectivity index (χ2v) is 10.2. The van der Waals surface area contributed by atoms with Gasteiger partial charge in [0.1, 0.15) is 22.3 Å². The van der Waals surface area contributed by atoms with Crippen LogP contribution < -0.4 is 10.1 Å². The highest BCUT2D eigenvalue weighted by molar-refractivity contribution is 7.00. The van der Waals surface area contributed by atoms with Crippen molar-refractivity contribution in [1.82, 2.24) is 19.0 Å². The van der Waals surface area contributed by atoms with Crippen LogP contribution in [-0.4, -0.2) is 19.6 Å². The molecule has 2 aromatic heterocycles. The first-order valence-electron chi connectivity index (χ1n) is 10.9. The van der Waals surface area contributed by atoms with Crippen molar-refractivity contribution in [1.29, 1.82) is 0 Å². The summed E-state index contributed by atoms with van der Waals surface area (Å²) in [6.07, 6.45) is 1.60. The molecule has 0 fully saturated rings. The third-order valence-corrected chi connectivity index (χ3v) is 7.02. The van der Waals surface area contributed by atoms with Gasteiger partial charge in [-0.3, -0.25) is 4.79 Å². The van der Waals surface area contributed by atoms with E-state index in [0.29, 0.717) is 17.9 Å². The minimum absolute atomic E-state index is 0.0361. The summed E-state index contributed by atoms with van der Waals surface area (Å²) in [5.41, 5.74) is 4.42. The molecule has 1 N–H and O–H groups in total. The van der Waals surface area contributed by atoms with Gasteiger partial charge in [0.2, 0.25) is 5.88 Å². The van der Waals surface area contributed by atoms with Gasteiger partial charge in [0.05, 0.1) is 11.7 Å². The van der Waals surface area contributed by atoms with Crippen LogP contribution in [0.5, 0.6) is 11.6 Å². The minimum atomic E-state index is -0.242. The molecule has 170 valence electrons. The van der Waals surface area contributed by atoms with E-state index in [1.807, 2.05) is 6.07 Å². The van der Waals surface area contributed by atoms with Crippen LogP contribution >= 0.6 is 11.7 Å². The Balaban J connectivity index is 1.45. The highest BCUT2D eigenvalue weighted by atomic mass is 32.1. The molecule has 7 heteroatoms. The predicted octanol–water partition coefficient (Wildman–Crippen LogP) is 6.13. The number of carbonyl (C=O) groups is 1.